The van der Waals surface area contributed by atoms with Crippen LogP contribution < -0.4 is 5.32 Å². The molecule has 7 heteroatoms. The number of carbonyl (C=O) groups is 1. The predicted molar refractivity (Wildman–Crippen MR) is 84.8 cm³/mol. The van der Waals surface area contributed by atoms with Crippen molar-refractivity contribution < 1.29 is 18.0 Å². The number of benzene rings is 1. The molecule has 130 valence electrons. The number of aromatic nitrogens is 2. The highest BCUT2D eigenvalue weighted by Crippen LogP contribution is 2.33. The topological polar surface area (TPSA) is 46.9 Å². The van der Waals surface area contributed by atoms with Gasteiger partial charge in [0, 0.05) is 12.6 Å². The summed E-state index contributed by atoms with van der Waals surface area (Å²) in [5.41, 5.74) is -0.453. The summed E-state index contributed by atoms with van der Waals surface area (Å²) in [5, 5.41) is 6.29. The number of hydrogen-bond donors (Lipinski definition) is 1. The van der Waals surface area contributed by atoms with Gasteiger partial charge in [-0.15, -0.1) is 0 Å². The van der Waals surface area contributed by atoms with E-state index in [-0.39, 0.29) is 12.5 Å². The Bertz CT molecular complexity index is 693. The first-order valence-electron chi connectivity index (χ1n) is 7.69. The Morgan fingerprint density at radius 2 is 1.83 bits per heavy atom. The first-order valence-corrected chi connectivity index (χ1v) is 7.69. The van der Waals surface area contributed by atoms with Gasteiger partial charge >= 0.3 is 6.18 Å². The zero-order chi connectivity index (χ0) is 17.9. The number of alkyl halides is 3. The Morgan fingerprint density at radius 1 is 1.21 bits per heavy atom. The van der Waals surface area contributed by atoms with Crippen molar-refractivity contribution >= 4 is 5.91 Å². The van der Waals surface area contributed by atoms with Crippen molar-refractivity contribution in [3.05, 3.63) is 53.3 Å². The lowest BCUT2D eigenvalue weighted by Crippen LogP contribution is -2.30. The van der Waals surface area contributed by atoms with E-state index in [1.165, 1.54) is 0 Å². The molecule has 4 nitrogen and oxygen atoms in total. The highest BCUT2D eigenvalue weighted by atomic mass is 19.4. The lowest BCUT2D eigenvalue weighted by Gasteiger charge is -2.16. The molecular formula is C17H20F3N3O. The number of hydrogen-bond acceptors (Lipinski definition) is 2. The summed E-state index contributed by atoms with van der Waals surface area (Å²) in [6.45, 7) is 5.31. The van der Waals surface area contributed by atoms with E-state index in [1.54, 1.807) is 13.8 Å². The Balaban J connectivity index is 2.16. The average Bonchev–Trinajstić information content (AvgIpc) is 2.98. The first kappa shape index (κ1) is 18.0. The van der Waals surface area contributed by atoms with E-state index in [4.69, 9.17) is 0 Å². The van der Waals surface area contributed by atoms with Crippen LogP contribution in [0.3, 0.4) is 0 Å². The van der Waals surface area contributed by atoms with Crippen molar-refractivity contribution in [2.75, 3.05) is 6.54 Å². The lowest BCUT2D eigenvalue weighted by atomic mass is 10.0. The molecule has 1 heterocycles. The van der Waals surface area contributed by atoms with Crippen molar-refractivity contribution in [1.82, 2.24) is 15.1 Å². The van der Waals surface area contributed by atoms with Crippen molar-refractivity contribution in [2.24, 2.45) is 0 Å². The SMILES string of the molecule is CC(C)n1ncc(C(=O)NC[C@@H](C)c2ccccc2)c1C(F)(F)F. The van der Waals surface area contributed by atoms with E-state index in [1.807, 2.05) is 37.3 Å². The molecule has 1 atom stereocenters. The minimum Gasteiger partial charge on any atom is -0.351 e. The summed E-state index contributed by atoms with van der Waals surface area (Å²) in [6.07, 6.45) is -3.66. The van der Waals surface area contributed by atoms with Crippen molar-refractivity contribution in [3.63, 3.8) is 0 Å². The molecule has 0 radical (unpaired) electrons. The molecule has 0 unspecified atom stereocenters. The minimum absolute atomic E-state index is 0.00960. The number of carbonyl (C=O) groups excluding carboxylic acids is 1. The Labute approximate surface area is 138 Å². The Morgan fingerprint density at radius 3 is 2.38 bits per heavy atom. The monoisotopic (exact) mass is 339 g/mol. The van der Waals surface area contributed by atoms with Crippen LogP contribution >= 0.6 is 0 Å². The zero-order valence-electron chi connectivity index (χ0n) is 13.8. The second-order valence-corrected chi connectivity index (χ2v) is 5.96. The maximum atomic E-state index is 13.3. The van der Waals surface area contributed by atoms with Gasteiger partial charge < -0.3 is 5.32 Å². The van der Waals surface area contributed by atoms with Gasteiger partial charge in [0.15, 0.2) is 5.69 Å². The smallest absolute Gasteiger partial charge is 0.351 e. The number of nitrogens with one attached hydrogen (secondary N) is 1. The average molecular weight is 339 g/mol. The molecule has 0 fully saturated rings. The molecule has 0 aliphatic heterocycles. The van der Waals surface area contributed by atoms with Crippen LogP contribution in [0.5, 0.6) is 0 Å². The maximum absolute atomic E-state index is 13.3. The van der Waals surface area contributed by atoms with E-state index >= 15 is 0 Å². The minimum atomic E-state index is -4.64. The van der Waals surface area contributed by atoms with Gasteiger partial charge in [0.2, 0.25) is 0 Å². The molecule has 0 aliphatic carbocycles. The van der Waals surface area contributed by atoms with Gasteiger partial charge in [-0.1, -0.05) is 37.3 Å². The highest BCUT2D eigenvalue weighted by molar-refractivity contribution is 5.95. The molecule has 2 rings (SSSR count). The number of rotatable bonds is 5. The second-order valence-electron chi connectivity index (χ2n) is 5.96. The van der Waals surface area contributed by atoms with Crippen LogP contribution in [0.1, 0.15) is 54.3 Å². The standard InChI is InChI=1S/C17H20F3N3O/c1-11(2)23-15(17(18,19)20)14(10-22-23)16(24)21-9-12(3)13-7-5-4-6-8-13/h4-8,10-12H,9H2,1-3H3,(H,21,24)/t12-/m1/s1. The second kappa shape index (κ2) is 7.07. The molecule has 1 aromatic carbocycles. The van der Waals surface area contributed by atoms with E-state index in [9.17, 15) is 18.0 Å². The predicted octanol–water partition coefficient (Wildman–Crippen LogP) is 4.02. The number of amides is 1. The van der Waals surface area contributed by atoms with Crippen LogP contribution in [0.15, 0.2) is 36.5 Å². The van der Waals surface area contributed by atoms with Gasteiger partial charge in [-0.25, -0.2) is 0 Å². The van der Waals surface area contributed by atoms with E-state index < -0.39 is 29.4 Å². The van der Waals surface area contributed by atoms with Crippen LogP contribution in [0.2, 0.25) is 0 Å². The Hall–Kier alpha value is -2.31. The van der Waals surface area contributed by atoms with Crippen molar-refractivity contribution in [3.8, 4) is 0 Å². The normalized spacial score (nSPS) is 13.1. The van der Waals surface area contributed by atoms with Gasteiger partial charge in [0.25, 0.3) is 5.91 Å². The van der Waals surface area contributed by atoms with Gasteiger partial charge in [-0.2, -0.15) is 18.3 Å². The third-order valence-corrected chi connectivity index (χ3v) is 3.74. The summed E-state index contributed by atoms with van der Waals surface area (Å²) in [7, 11) is 0. The molecule has 0 saturated heterocycles. The van der Waals surface area contributed by atoms with E-state index in [0.29, 0.717) is 0 Å². The van der Waals surface area contributed by atoms with Crippen LogP contribution in [-0.4, -0.2) is 22.2 Å². The first-order chi connectivity index (χ1) is 11.2. The third-order valence-electron chi connectivity index (χ3n) is 3.74. The fraction of sp³-hybridized carbons (Fsp3) is 0.412. The molecule has 0 spiro atoms. The molecule has 0 saturated carbocycles. The van der Waals surface area contributed by atoms with Crippen molar-refractivity contribution in [2.45, 2.75) is 38.9 Å². The van der Waals surface area contributed by atoms with Gasteiger partial charge in [-0.05, 0) is 25.3 Å². The van der Waals surface area contributed by atoms with Gasteiger partial charge in [-0.3, -0.25) is 9.48 Å². The highest BCUT2D eigenvalue weighted by Gasteiger charge is 2.40. The molecular weight excluding hydrogens is 319 g/mol. The summed E-state index contributed by atoms with van der Waals surface area (Å²) in [4.78, 5) is 12.2. The molecule has 0 bridgehead atoms. The molecule has 0 aliphatic rings. The summed E-state index contributed by atoms with van der Waals surface area (Å²) in [6, 6.07) is 8.96. The molecule has 24 heavy (non-hydrogen) atoms. The van der Waals surface area contributed by atoms with Gasteiger partial charge in [0.05, 0.1) is 11.8 Å². The summed E-state index contributed by atoms with van der Waals surface area (Å²) >= 11 is 0. The Kier molecular flexibility index (Phi) is 5.31. The van der Waals surface area contributed by atoms with Crippen LogP contribution in [0.25, 0.3) is 0 Å². The van der Waals surface area contributed by atoms with Crippen LogP contribution in [-0.2, 0) is 6.18 Å². The summed E-state index contributed by atoms with van der Waals surface area (Å²) < 4.78 is 40.7. The molecule has 2 aromatic rings. The lowest BCUT2D eigenvalue weighted by molar-refractivity contribution is -0.145. The van der Waals surface area contributed by atoms with Gasteiger partial charge in [0.1, 0.15) is 0 Å². The maximum Gasteiger partial charge on any atom is 0.433 e. The fourth-order valence-corrected chi connectivity index (χ4v) is 2.44. The molecule has 1 aromatic heterocycles. The number of halogens is 3. The van der Waals surface area contributed by atoms with Crippen LogP contribution in [0, 0.1) is 0 Å². The zero-order valence-corrected chi connectivity index (χ0v) is 13.8. The van der Waals surface area contributed by atoms with Crippen molar-refractivity contribution in [1.29, 1.82) is 0 Å². The quantitative estimate of drug-likeness (QED) is 0.894. The van der Waals surface area contributed by atoms with E-state index in [0.717, 1.165) is 16.4 Å². The third kappa shape index (κ3) is 3.96. The molecule has 1 amide bonds. The molecule has 1 N–H and O–H groups in total. The number of nitrogens with zero attached hydrogens (tertiary/aromatic N) is 2. The van der Waals surface area contributed by atoms with Crippen LogP contribution in [0.4, 0.5) is 13.2 Å². The fourth-order valence-electron chi connectivity index (χ4n) is 2.44. The largest absolute Gasteiger partial charge is 0.433 e. The summed E-state index contributed by atoms with van der Waals surface area (Å²) in [5.74, 6) is -0.776. The van der Waals surface area contributed by atoms with E-state index in [2.05, 4.69) is 10.4 Å².